The molecule has 0 atom stereocenters. The van der Waals surface area contributed by atoms with E-state index < -0.39 is 5.97 Å². The second kappa shape index (κ2) is 4.85. The van der Waals surface area contributed by atoms with Crippen LogP contribution >= 0.6 is 27.5 Å². The number of benzene rings is 1. The van der Waals surface area contributed by atoms with Gasteiger partial charge in [-0.05, 0) is 34.1 Å². The van der Waals surface area contributed by atoms with Crippen LogP contribution in [0, 0.1) is 0 Å². The van der Waals surface area contributed by atoms with Crippen molar-refractivity contribution in [3.8, 4) is 11.5 Å². The van der Waals surface area contributed by atoms with Crippen LogP contribution in [0.15, 0.2) is 27.1 Å². The second-order valence-corrected chi connectivity index (χ2v) is 4.29. The van der Waals surface area contributed by atoms with E-state index in [4.69, 9.17) is 16.0 Å². The lowest BCUT2D eigenvalue weighted by atomic mass is 10.2. The maximum atomic E-state index is 11.1. The van der Waals surface area contributed by atoms with Gasteiger partial charge in [-0.15, -0.1) is 10.2 Å². The van der Waals surface area contributed by atoms with E-state index in [1.807, 2.05) is 0 Å². The summed E-state index contributed by atoms with van der Waals surface area (Å²) in [5.41, 5.74) is 0.626. The summed E-state index contributed by atoms with van der Waals surface area (Å²) in [6.07, 6.45) is 0. The molecule has 17 heavy (non-hydrogen) atoms. The third kappa shape index (κ3) is 2.48. The summed E-state index contributed by atoms with van der Waals surface area (Å²) >= 11 is 9.20. The number of carbonyl (C=O) groups is 1. The quantitative estimate of drug-likeness (QED) is 0.797. The average Bonchev–Trinajstić information content (AvgIpc) is 2.81. The maximum Gasteiger partial charge on any atom is 0.396 e. The summed E-state index contributed by atoms with van der Waals surface area (Å²) in [5.74, 6) is -0.659. The molecule has 5 nitrogen and oxygen atoms in total. The molecule has 1 heterocycles. The number of hydrogen-bond donors (Lipinski definition) is 0. The van der Waals surface area contributed by atoms with E-state index in [-0.39, 0.29) is 11.8 Å². The Balaban J connectivity index is 2.37. The van der Waals surface area contributed by atoms with E-state index in [2.05, 4.69) is 30.9 Å². The number of aromatic nitrogens is 2. The second-order valence-electron chi connectivity index (χ2n) is 3.03. The number of rotatable bonds is 2. The molecule has 0 aliphatic carbocycles. The SMILES string of the molecule is COC(=O)c1nnc(-c2ccc(Br)c(Cl)c2)o1. The molecule has 0 fully saturated rings. The number of ether oxygens (including phenoxy) is 1. The molecule has 88 valence electrons. The summed E-state index contributed by atoms with van der Waals surface area (Å²) in [5, 5.41) is 7.82. The normalized spacial score (nSPS) is 10.3. The first-order valence-corrected chi connectivity index (χ1v) is 5.66. The molecule has 0 aliphatic heterocycles. The summed E-state index contributed by atoms with van der Waals surface area (Å²) in [6.45, 7) is 0. The van der Waals surface area contributed by atoms with Crippen molar-refractivity contribution in [1.29, 1.82) is 0 Å². The lowest BCUT2D eigenvalue weighted by Gasteiger charge is -1.97. The number of methoxy groups -OCH3 is 1. The Hall–Kier alpha value is -1.40. The zero-order valence-electron chi connectivity index (χ0n) is 8.61. The van der Waals surface area contributed by atoms with Crippen LogP contribution in [0.1, 0.15) is 10.7 Å². The van der Waals surface area contributed by atoms with Crippen LogP contribution in [-0.2, 0) is 4.74 Å². The largest absolute Gasteiger partial charge is 0.462 e. The predicted octanol–water partition coefficient (Wildman–Crippen LogP) is 2.94. The summed E-state index contributed by atoms with van der Waals surface area (Å²) in [6, 6.07) is 5.14. The fourth-order valence-corrected chi connectivity index (χ4v) is 1.57. The molecule has 0 saturated carbocycles. The van der Waals surface area contributed by atoms with Gasteiger partial charge in [0.1, 0.15) is 0 Å². The highest BCUT2D eigenvalue weighted by atomic mass is 79.9. The van der Waals surface area contributed by atoms with Crippen molar-refractivity contribution in [2.24, 2.45) is 0 Å². The van der Waals surface area contributed by atoms with E-state index in [1.54, 1.807) is 18.2 Å². The minimum absolute atomic E-state index is 0.193. The Kier molecular flexibility index (Phi) is 3.44. The Morgan fingerprint density at radius 2 is 2.24 bits per heavy atom. The van der Waals surface area contributed by atoms with Crippen LogP contribution in [0.25, 0.3) is 11.5 Å². The van der Waals surface area contributed by atoms with Crippen LogP contribution < -0.4 is 0 Å². The highest BCUT2D eigenvalue weighted by Gasteiger charge is 2.16. The lowest BCUT2D eigenvalue weighted by Crippen LogP contribution is -2.00. The van der Waals surface area contributed by atoms with Crippen LogP contribution in [0.4, 0.5) is 0 Å². The highest BCUT2D eigenvalue weighted by molar-refractivity contribution is 9.10. The van der Waals surface area contributed by atoms with Crippen molar-refractivity contribution in [2.75, 3.05) is 7.11 Å². The Labute approximate surface area is 110 Å². The molecule has 0 spiro atoms. The van der Waals surface area contributed by atoms with E-state index in [1.165, 1.54) is 7.11 Å². The molecule has 0 N–H and O–H groups in total. The first-order valence-electron chi connectivity index (χ1n) is 4.49. The van der Waals surface area contributed by atoms with E-state index in [9.17, 15) is 4.79 Å². The van der Waals surface area contributed by atoms with Gasteiger partial charge < -0.3 is 9.15 Å². The Morgan fingerprint density at radius 3 is 2.88 bits per heavy atom. The molecule has 2 aromatic rings. The summed E-state index contributed by atoms with van der Waals surface area (Å²) < 4.78 is 10.4. The molecule has 0 unspecified atom stereocenters. The lowest BCUT2D eigenvalue weighted by molar-refractivity contribution is 0.0556. The molecule has 2 rings (SSSR count). The van der Waals surface area contributed by atoms with Gasteiger partial charge in [0.25, 0.3) is 0 Å². The average molecular weight is 318 g/mol. The third-order valence-electron chi connectivity index (χ3n) is 1.95. The van der Waals surface area contributed by atoms with Gasteiger partial charge in [0, 0.05) is 10.0 Å². The monoisotopic (exact) mass is 316 g/mol. The van der Waals surface area contributed by atoms with Gasteiger partial charge in [0.05, 0.1) is 12.1 Å². The van der Waals surface area contributed by atoms with E-state index in [0.717, 1.165) is 4.47 Å². The minimum atomic E-state index is -0.674. The molecule has 0 radical (unpaired) electrons. The van der Waals surface area contributed by atoms with Crippen molar-refractivity contribution in [3.05, 3.63) is 33.6 Å². The van der Waals surface area contributed by atoms with Gasteiger partial charge in [-0.2, -0.15) is 0 Å². The summed E-state index contributed by atoms with van der Waals surface area (Å²) in [7, 11) is 1.24. The Bertz CT molecular complexity index is 570. The zero-order valence-corrected chi connectivity index (χ0v) is 10.9. The van der Waals surface area contributed by atoms with Crippen LogP contribution in [-0.4, -0.2) is 23.3 Å². The van der Waals surface area contributed by atoms with E-state index >= 15 is 0 Å². The maximum absolute atomic E-state index is 11.1. The van der Waals surface area contributed by atoms with Crippen molar-refractivity contribution < 1.29 is 13.9 Å². The molecular weight excluding hydrogens is 311 g/mol. The Morgan fingerprint density at radius 1 is 1.47 bits per heavy atom. The van der Waals surface area contributed by atoms with Gasteiger partial charge in [-0.3, -0.25) is 0 Å². The minimum Gasteiger partial charge on any atom is -0.462 e. The van der Waals surface area contributed by atoms with Gasteiger partial charge in [-0.25, -0.2) is 4.79 Å². The number of nitrogens with zero attached hydrogens (tertiary/aromatic N) is 2. The highest BCUT2D eigenvalue weighted by Crippen LogP contribution is 2.28. The number of hydrogen-bond acceptors (Lipinski definition) is 5. The third-order valence-corrected chi connectivity index (χ3v) is 3.18. The van der Waals surface area contributed by atoms with Gasteiger partial charge in [-0.1, -0.05) is 11.6 Å². The number of esters is 1. The number of halogens is 2. The molecule has 0 bridgehead atoms. The van der Waals surface area contributed by atoms with Crippen molar-refractivity contribution in [3.63, 3.8) is 0 Å². The number of carbonyl (C=O) groups excluding carboxylic acids is 1. The molecule has 0 saturated heterocycles. The van der Waals surface area contributed by atoms with Crippen molar-refractivity contribution in [2.45, 2.75) is 0 Å². The van der Waals surface area contributed by atoms with Crippen molar-refractivity contribution >= 4 is 33.5 Å². The van der Waals surface area contributed by atoms with E-state index in [0.29, 0.717) is 10.6 Å². The van der Waals surface area contributed by atoms with Gasteiger partial charge in [0.2, 0.25) is 5.89 Å². The molecule has 0 aliphatic rings. The van der Waals surface area contributed by atoms with Crippen LogP contribution in [0.3, 0.4) is 0 Å². The fourth-order valence-electron chi connectivity index (χ4n) is 1.14. The predicted molar refractivity (Wildman–Crippen MR) is 63.8 cm³/mol. The van der Waals surface area contributed by atoms with Crippen LogP contribution in [0.5, 0.6) is 0 Å². The zero-order chi connectivity index (χ0) is 12.4. The first kappa shape index (κ1) is 12.1. The first-order chi connectivity index (χ1) is 8.11. The van der Waals surface area contributed by atoms with Gasteiger partial charge >= 0.3 is 11.9 Å². The topological polar surface area (TPSA) is 65.2 Å². The molecule has 1 aromatic carbocycles. The fraction of sp³-hybridized carbons (Fsp3) is 0.100. The van der Waals surface area contributed by atoms with Gasteiger partial charge in [0.15, 0.2) is 0 Å². The van der Waals surface area contributed by atoms with Crippen molar-refractivity contribution in [1.82, 2.24) is 10.2 Å². The smallest absolute Gasteiger partial charge is 0.396 e. The molecular formula is C10H6BrClN2O3. The molecule has 1 aromatic heterocycles. The molecule has 0 amide bonds. The van der Waals surface area contributed by atoms with Crippen LogP contribution in [0.2, 0.25) is 5.02 Å². The summed E-state index contributed by atoms with van der Waals surface area (Å²) in [4.78, 5) is 11.1. The standard InChI is InChI=1S/C10H6BrClN2O3/c1-16-10(15)9-14-13-8(17-9)5-2-3-6(11)7(12)4-5/h2-4H,1H3. The molecule has 7 heteroatoms.